The number of carbonyl (C=O) groups is 5. The van der Waals surface area contributed by atoms with Gasteiger partial charge in [-0.25, -0.2) is 10.2 Å². The molecule has 1 aliphatic rings. The second-order valence-electron chi connectivity index (χ2n) is 15.3. The Labute approximate surface area is 323 Å². The van der Waals surface area contributed by atoms with Gasteiger partial charge < -0.3 is 32.4 Å². The van der Waals surface area contributed by atoms with E-state index in [0.717, 1.165) is 27.6 Å². The maximum Gasteiger partial charge on any atom is 0.334 e. The largest absolute Gasteiger partial charge is 0.368 e. The van der Waals surface area contributed by atoms with E-state index >= 15 is 0 Å². The normalized spacial score (nSPS) is 15.6. The zero-order valence-electron chi connectivity index (χ0n) is 32.7. The average Bonchev–Trinajstić information content (AvgIpc) is 3.73. The maximum atomic E-state index is 13.8. The summed E-state index contributed by atoms with van der Waals surface area (Å²) in [4.78, 5) is 70.0. The molecule has 4 rings (SSSR count). The van der Waals surface area contributed by atoms with Crippen LogP contribution in [0.5, 0.6) is 0 Å². The highest BCUT2D eigenvalue weighted by Gasteiger charge is 2.44. The molecule has 15 nitrogen and oxygen atoms in total. The molecule has 3 aromatic rings. The lowest BCUT2D eigenvalue weighted by Crippen LogP contribution is -2.63. The minimum absolute atomic E-state index is 0.00502. The second-order valence-corrected chi connectivity index (χ2v) is 15.3. The van der Waals surface area contributed by atoms with Crippen molar-refractivity contribution in [3.8, 4) is 0 Å². The number of Topliss-reactive ketones (excluding diaryl/α,β-unsaturated/α-hetero) is 1. The van der Waals surface area contributed by atoms with Gasteiger partial charge in [-0.2, -0.15) is 0 Å². The molecule has 0 saturated carbocycles. The molecular weight excluding hydrogens is 701 g/mol. The van der Waals surface area contributed by atoms with Gasteiger partial charge in [-0.3, -0.25) is 35.2 Å². The fourth-order valence-corrected chi connectivity index (χ4v) is 7.30. The van der Waals surface area contributed by atoms with Gasteiger partial charge in [-0.1, -0.05) is 56.3 Å². The van der Waals surface area contributed by atoms with E-state index < -0.39 is 41.8 Å². The van der Waals surface area contributed by atoms with Crippen LogP contribution in [-0.4, -0.2) is 78.1 Å². The Morgan fingerprint density at radius 2 is 1.55 bits per heavy atom. The van der Waals surface area contributed by atoms with Gasteiger partial charge in [0.05, 0.1) is 6.04 Å². The highest BCUT2D eigenvalue weighted by atomic mass is 16.2. The van der Waals surface area contributed by atoms with Gasteiger partial charge in [0, 0.05) is 54.7 Å². The van der Waals surface area contributed by atoms with Crippen molar-refractivity contribution < 1.29 is 24.0 Å². The Morgan fingerprint density at radius 3 is 2.18 bits per heavy atom. The van der Waals surface area contributed by atoms with Crippen LogP contribution in [0.1, 0.15) is 76.5 Å². The lowest BCUT2D eigenvalue weighted by atomic mass is 9.91. The molecule has 0 spiro atoms. The summed E-state index contributed by atoms with van der Waals surface area (Å²) in [5.74, 6) is -2.26. The number of primary amides is 1. The molecule has 0 fully saturated rings. The molecule has 300 valence electrons. The summed E-state index contributed by atoms with van der Waals surface area (Å²) in [6.45, 7) is 8.32. The maximum absolute atomic E-state index is 13.8. The van der Waals surface area contributed by atoms with E-state index in [2.05, 4.69) is 42.4 Å². The van der Waals surface area contributed by atoms with E-state index in [0.29, 0.717) is 38.6 Å². The first-order valence-electron chi connectivity index (χ1n) is 19.3. The molecule has 15 heteroatoms. The fourth-order valence-electron chi connectivity index (χ4n) is 7.30. The van der Waals surface area contributed by atoms with Gasteiger partial charge in [-0.15, -0.1) is 0 Å². The van der Waals surface area contributed by atoms with Crippen molar-refractivity contribution in [2.45, 2.75) is 109 Å². The number of H-pyrrole nitrogens is 1. The van der Waals surface area contributed by atoms with Crippen molar-refractivity contribution in [3.63, 3.8) is 0 Å². The molecule has 0 aliphatic heterocycles. The van der Waals surface area contributed by atoms with E-state index in [1.807, 2.05) is 76.2 Å². The molecule has 55 heavy (non-hydrogen) atoms. The predicted octanol–water partition coefficient (Wildman–Crippen LogP) is 1.76. The highest BCUT2D eigenvalue weighted by molar-refractivity contribution is 5.93. The molecule has 1 aromatic heterocycles. The average molecular weight is 761 g/mol. The Bertz CT molecular complexity index is 1750. The molecule has 5 amide bonds. The summed E-state index contributed by atoms with van der Waals surface area (Å²) >= 11 is 0. The number of para-hydroxylation sites is 1. The number of nitrogens with two attached hydrogens (primary N) is 2. The van der Waals surface area contributed by atoms with Crippen LogP contribution in [0, 0.1) is 11.8 Å². The number of nitrogens with one attached hydrogen (secondary N) is 8. The summed E-state index contributed by atoms with van der Waals surface area (Å²) in [7, 11) is 1.72. The van der Waals surface area contributed by atoms with Crippen LogP contribution in [0.3, 0.4) is 0 Å². The van der Waals surface area contributed by atoms with Crippen LogP contribution in [0.25, 0.3) is 10.9 Å². The number of hydrazine groups is 1. The van der Waals surface area contributed by atoms with Crippen molar-refractivity contribution in [1.82, 2.24) is 42.4 Å². The standard InChI is InChI=1S/C40H60N10O5/c1-24(2)19-32(47-39(55)50-49-37(54)40(48-25(3)4)21-27-11-6-7-12-28(27)22-40)34(51)17-16-26(13-10-18-44-38(42)43-5)36(53)46-33(35(41)52)20-29-23-45-31-15-9-8-14-30(29)31/h6-9,11-12,14-15,23-26,32-33,38,43-45,48H,10,13,16-22,42H2,1-5H3,(H2,41,52)(H,46,53)(H,49,54)(H2,47,50,55)/t26-,32+,33+,38?/m1/s1. The zero-order valence-corrected chi connectivity index (χ0v) is 32.7. The number of amides is 5. The van der Waals surface area contributed by atoms with Crippen LogP contribution >= 0.6 is 0 Å². The summed E-state index contributed by atoms with van der Waals surface area (Å²) < 4.78 is 0. The molecule has 0 saturated heterocycles. The van der Waals surface area contributed by atoms with E-state index in [9.17, 15) is 24.0 Å². The van der Waals surface area contributed by atoms with E-state index in [1.54, 1.807) is 13.2 Å². The number of aromatic nitrogens is 1. The molecule has 0 radical (unpaired) electrons. The van der Waals surface area contributed by atoms with Crippen LogP contribution in [-0.2, 0) is 38.4 Å². The van der Waals surface area contributed by atoms with Gasteiger partial charge in [0.1, 0.15) is 17.9 Å². The van der Waals surface area contributed by atoms with Crippen LogP contribution in [0.2, 0.25) is 0 Å². The molecule has 1 heterocycles. The molecule has 1 aliphatic carbocycles. The van der Waals surface area contributed by atoms with Gasteiger partial charge >= 0.3 is 6.03 Å². The van der Waals surface area contributed by atoms with E-state index in [4.69, 9.17) is 11.5 Å². The van der Waals surface area contributed by atoms with Crippen molar-refractivity contribution in [3.05, 3.63) is 71.4 Å². The highest BCUT2D eigenvalue weighted by Crippen LogP contribution is 2.31. The Kier molecular flexibility index (Phi) is 15.8. The van der Waals surface area contributed by atoms with Crippen LogP contribution in [0.15, 0.2) is 54.7 Å². The first-order chi connectivity index (χ1) is 26.2. The number of carbonyl (C=O) groups excluding carboxylic acids is 5. The second kappa shape index (κ2) is 20.2. The fraction of sp³-hybridized carbons (Fsp3) is 0.525. The number of urea groups is 1. The van der Waals surface area contributed by atoms with Gasteiger partial charge in [0.2, 0.25) is 11.8 Å². The molecule has 1 unspecified atom stereocenters. The number of fused-ring (bicyclic) bond motifs is 2. The third-order valence-electron chi connectivity index (χ3n) is 10.1. The Morgan fingerprint density at radius 1 is 0.873 bits per heavy atom. The molecular formula is C40H60N10O5. The van der Waals surface area contributed by atoms with Gasteiger partial charge in [0.15, 0.2) is 5.78 Å². The van der Waals surface area contributed by atoms with Crippen molar-refractivity contribution in [2.24, 2.45) is 23.3 Å². The third-order valence-corrected chi connectivity index (χ3v) is 10.1. The Hall–Kier alpha value is -4.83. The minimum Gasteiger partial charge on any atom is -0.368 e. The SMILES string of the molecule is CNC(N)NCCC[C@H](CCC(=O)[C@H](CC(C)C)NC(=O)NNC(=O)C1(NC(C)C)Cc2ccccc2C1)C(=O)N[C@@H](Cc1c[nH]c2ccccc12)C(N)=O. The lowest BCUT2D eigenvalue weighted by molar-refractivity contribution is -0.130. The number of benzene rings is 2. The Balaban J connectivity index is 1.39. The predicted molar refractivity (Wildman–Crippen MR) is 213 cm³/mol. The van der Waals surface area contributed by atoms with Crippen molar-refractivity contribution in [2.75, 3.05) is 13.6 Å². The molecule has 4 atom stereocenters. The van der Waals surface area contributed by atoms with Crippen LogP contribution < -0.4 is 48.9 Å². The van der Waals surface area contributed by atoms with Crippen LogP contribution in [0.4, 0.5) is 4.79 Å². The monoisotopic (exact) mass is 760 g/mol. The van der Waals surface area contributed by atoms with Crippen molar-refractivity contribution >= 4 is 40.4 Å². The number of ketones is 1. The molecule has 2 aromatic carbocycles. The first kappa shape index (κ1) is 42.9. The van der Waals surface area contributed by atoms with Crippen molar-refractivity contribution in [1.29, 1.82) is 0 Å². The lowest BCUT2D eigenvalue weighted by Gasteiger charge is -2.31. The quantitative estimate of drug-likeness (QED) is 0.0432. The third kappa shape index (κ3) is 12.3. The zero-order chi connectivity index (χ0) is 40.1. The number of hydrogen-bond acceptors (Lipinski definition) is 9. The van der Waals surface area contributed by atoms with Gasteiger partial charge in [0.25, 0.3) is 5.91 Å². The van der Waals surface area contributed by atoms with Gasteiger partial charge in [-0.05, 0) is 81.8 Å². The molecule has 0 bridgehead atoms. The summed E-state index contributed by atoms with van der Waals surface area (Å²) in [6, 6.07) is 13.0. The van der Waals surface area contributed by atoms with E-state index in [-0.39, 0.29) is 48.8 Å². The summed E-state index contributed by atoms with van der Waals surface area (Å²) in [5.41, 5.74) is 19.7. The smallest absolute Gasteiger partial charge is 0.334 e. The molecule has 12 N–H and O–H groups in total. The van der Waals surface area contributed by atoms with E-state index in [1.165, 1.54) is 0 Å². The first-order valence-corrected chi connectivity index (χ1v) is 19.3. The topological polar surface area (TPSA) is 237 Å². The number of rotatable bonds is 21. The number of hydrogen-bond donors (Lipinski definition) is 10. The number of aromatic amines is 1. The minimum atomic E-state index is -0.969. The summed E-state index contributed by atoms with van der Waals surface area (Å²) in [5, 5.41) is 15.9. The summed E-state index contributed by atoms with van der Waals surface area (Å²) in [6.07, 6.45) is 4.03.